The van der Waals surface area contributed by atoms with Crippen molar-refractivity contribution in [3.63, 3.8) is 0 Å². The minimum atomic E-state index is -0.363. The first-order valence-electron chi connectivity index (χ1n) is 12.1. The average molecular weight is 476 g/mol. The number of rotatable bonds is 7. The number of ether oxygens (including phenoxy) is 1. The molecule has 0 amide bonds. The number of methoxy groups -OCH3 is 1. The van der Waals surface area contributed by atoms with E-state index >= 15 is 0 Å². The van der Waals surface area contributed by atoms with Crippen molar-refractivity contribution in [2.24, 2.45) is 0 Å². The molecule has 0 unspecified atom stereocenters. The van der Waals surface area contributed by atoms with E-state index in [0.717, 1.165) is 54.5 Å². The van der Waals surface area contributed by atoms with Gasteiger partial charge in [0, 0.05) is 47.3 Å². The van der Waals surface area contributed by atoms with E-state index in [0.29, 0.717) is 6.04 Å². The van der Waals surface area contributed by atoms with Crippen LogP contribution in [0, 0.1) is 10.1 Å². The van der Waals surface area contributed by atoms with Crippen LogP contribution in [0.1, 0.15) is 62.0 Å². The molecular formula is C28H33N3O4. The number of carbonyl (C=O) groups is 1. The molecule has 7 heteroatoms. The maximum Gasteiger partial charge on any atom is 0.330 e. The van der Waals surface area contributed by atoms with Crippen LogP contribution in [0.5, 0.6) is 0 Å². The summed E-state index contributed by atoms with van der Waals surface area (Å²) in [6.45, 7) is 8.48. The second-order valence-electron chi connectivity index (χ2n) is 10.2. The fraction of sp³-hybridized carbons (Fsp3) is 0.393. The Balaban J connectivity index is 1.54. The van der Waals surface area contributed by atoms with Gasteiger partial charge in [-0.05, 0) is 54.6 Å². The summed E-state index contributed by atoms with van der Waals surface area (Å²) in [5.41, 5.74) is 5.47. The van der Waals surface area contributed by atoms with Crippen LogP contribution in [0.2, 0.25) is 0 Å². The maximum absolute atomic E-state index is 11.3. The molecular weight excluding hydrogens is 442 g/mol. The second-order valence-corrected chi connectivity index (χ2v) is 10.2. The first kappa shape index (κ1) is 24.7. The van der Waals surface area contributed by atoms with Gasteiger partial charge in [0.25, 0.3) is 5.69 Å². The number of nitrogens with one attached hydrogen (secondary N) is 1. The largest absolute Gasteiger partial charge is 0.466 e. The topological polar surface area (TPSA) is 88.5 Å². The molecule has 1 atom stereocenters. The molecule has 0 spiro atoms. The van der Waals surface area contributed by atoms with E-state index in [1.165, 1.54) is 24.3 Å². The fourth-order valence-electron chi connectivity index (χ4n) is 5.05. The van der Waals surface area contributed by atoms with Crippen LogP contribution < -0.4 is 0 Å². The standard InChI is InChI=1S/C28H33N3O4/c1-28(2,3)27-23(22-13-12-21(31(33)34)18-24(22)29-27)15-17-30-16-5-6-25(30)20-10-7-19(8-11-20)9-14-26(32)35-4/h7-14,18,25,29H,5-6,15-17H2,1-4H3/t25-/m0/s1. The minimum Gasteiger partial charge on any atom is -0.466 e. The van der Waals surface area contributed by atoms with E-state index in [-0.39, 0.29) is 22.0 Å². The molecule has 1 fully saturated rings. The monoisotopic (exact) mass is 475 g/mol. The maximum atomic E-state index is 11.3. The van der Waals surface area contributed by atoms with Gasteiger partial charge in [0.1, 0.15) is 0 Å². The van der Waals surface area contributed by atoms with Gasteiger partial charge in [0.15, 0.2) is 0 Å². The molecule has 2 aromatic carbocycles. The lowest BCUT2D eigenvalue weighted by molar-refractivity contribution is -0.384. The number of non-ortho nitro benzene ring substituents is 1. The van der Waals surface area contributed by atoms with Crippen LogP contribution in [0.4, 0.5) is 5.69 Å². The van der Waals surface area contributed by atoms with Gasteiger partial charge in [-0.3, -0.25) is 15.0 Å². The van der Waals surface area contributed by atoms with Crippen molar-refractivity contribution < 1.29 is 14.5 Å². The van der Waals surface area contributed by atoms with Crippen molar-refractivity contribution in [2.45, 2.75) is 51.5 Å². The van der Waals surface area contributed by atoms with Crippen molar-refractivity contribution >= 4 is 28.6 Å². The fourth-order valence-corrected chi connectivity index (χ4v) is 5.05. The third kappa shape index (κ3) is 5.46. The molecule has 2 heterocycles. The van der Waals surface area contributed by atoms with Crippen molar-refractivity contribution in [3.05, 3.63) is 81.0 Å². The molecule has 1 aliphatic heterocycles. The van der Waals surface area contributed by atoms with Gasteiger partial charge in [-0.2, -0.15) is 0 Å². The second kappa shape index (κ2) is 10.0. The molecule has 0 radical (unpaired) electrons. The Bertz CT molecular complexity index is 1250. The van der Waals surface area contributed by atoms with Gasteiger partial charge in [-0.25, -0.2) is 4.79 Å². The zero-order valence-electron chi connectivity index (χ0n) is 20.8. The van der Waals surface area contributed by atoms with Crippen LogP contribution in [0.15, 0.2) is 48.5 Å². The van der Waals surface area contributed by atoms with E-state index in [1.54, 1.807) is 18.2 Å². The minimum absolute atomic E-state index is 0.0961. The number of H-pyrrole nitrogens is 1. The van der Waals surface area contributed by atoms with Gasteiger partial charge in [0.2, 0.25) is 0 Å². The van der Waals surface area contributed by atoms with E-state index in [9.17, 15) is 14.9 Å². The number of nitro groups is 1. The molecule has 3 aromatic rings. The molecule has 1 aromatic heterocycles. The summed E-state index contributed by atoms with van der Waals surface area (Å²) in [6, 6.07) is 13.8. The summed E-state index contributed by atoms with van der Waals surface area (Å²) in [5.74, 6) is -0.363. The third-order valence-electron chi connectivity index (χ3n) is 6.80. The van der Waals surface area contributed by atoms with Crippen LogP contribution in [0.3, 0.4) is 0 Å². The van der Waals surface area contributed by atoms with E-state index in [4.69, 9.17) is 0 Å². The molecule has 184 valence electrons. The van der Waals surface area contributed by atoms with E-state index < -0.39 is 0 Å². The van der Waals surface area contributed by atoms with Gasteiger partial charge >= 0.3 is 5.97 Å². The quantitative estimate of drug-likeness (QED) is 0.198. The lowest BCUT2D eigenvalue weighted by atomic mass is 9.88. The Labute approximate surface area is 205 Å². The number of fused-ring (bicyclic) bond motifs is 1. The number of nitrogens with zero attached hydrogens (tertiary/aromatic N) is 2. The Morgan fingerprint density at radius 3 is 2.63 bits per heavy atom. The summed E-state index contributed by atoms with van der Waals surface area (Å²) >= 11 is 0. The predicted molar refractivity (Wildman–Crippen MR) is 138 cm³/mol. The number of hydrogen-bond donors (Lipinski definition) is 1. The smallest absolute Gasteiger partial charge is 0.330 e. The summed E-state index contributed by atoms with van der Waals surface area (Å²) in [6.07, 6.45) is 6.34. The normalized spacial score (nSPS) is 16.9. The van der Waals surface area contributed by atoms with Crippen LogP contribution in [0.25, 0.3) is 17.0 Å². The average Bonchev–Trinajstić information content (AvgIpc) is 3.45. The van der Waals surface area contributed by atoms with Crippen molar-refractivity contribution in [1.82, 2.24) is 9.88 Å². The number of likely N-dealkylation sites (tertiary alicyclic amines) is 1. The number of benzene rings is 2. The summed E-state index contributed by atoms with van der Waals surface area (Å²) < 4.78 is 4.66. The Kier molecular flexibility index (Phi) is 7.08. The van der Waals surface area contributed by atoms with Gasteiger partial charge in [-0.15, -0.1) is 0 Å². The highest BCUT2D eigenvalue weighted by Gasteiger charge is 2.28. The van der Waals surface area contributed by atoms with Crippen LogP contribution >= 0.6 is 0 Å². The van der Waals surface area contributed by atoms with Crippen molar-refractivity contribution in [2.75, 3.05) is 20.2 Å². The summed E-state index contributed by atoms with van der Waals surface area (Å²) in [4.78, 5) is 28.3. The van der Waals surface area contributed by atoms with Gasteiger partial charge in [0.05, 0.1) is 17.5 Å². The predicted octanol–water partition coefficient (Wildman–Crippen LogP) is 5.94. The molecule has 35 heavy (non-hydrogen) atoms. The summed E-state index contributed by atoms with van der Waals surface area (Å²) in [5, 5.41) is 12.3. The Hall–Kier alpha value is -3.45. The molecule has 1 saturated heterocycles. The summed E-state index contributed by atoms with van der Waals surface area (Å²) in [7, 11) is 1.37. The highest BCUT2D eigenvalue weighted by molar-refractivity contribution is 5.87. The van der Waals surface area contributed by atoms with E-state index in [2.05, 4.69) is 47.5 Å². The van der Waals surface area contributed by atoms with Crippen molar-refractivity contribution in [1.29, 1.82) is 0 Å². The number of nitro benzene ring substituents is 1. The molecule has 7 nitrogen and oxygen atoms in total. The molecule has 4 rings (SSSR count). The SMILES string of the molecule is COC(=O)C=Cc1ccc([C@@H]2CCCN2CCc2c(C(C)(C)C)[nH]c3cc([N+](=O)[O-])ccc23)cc1. The van der Waals surface area contributed by atoms with Crippen LogP contribution in [-0.2, 0) is 21.4 Å². The van der Waals surface area contributed by atoms with Gasteiger partial charge in [-0.1, -0.05) is 45.0 Å². The number of aromatic amines is 1. The first-order chi connectivity index (χ1) is 16.7. The van der Waals surface area contributed by atoms with Crippen LogP contribution in [-0.4, -0.2) is 41.0 Å². The van der Waals surface area contributed by atoms with Crippen molar-refractivity contribution in [3.8, 4) is 0 Å². The highest BCUT2D eigenvalue weighted by Crippen LogP contribution is 2.36. The zero-order valence-corrected chi connectivity index (χ0v) is 20.8. The number of carbonyl (C=O) groups excluding carboxylic acids is 1. The molecule has 0 aliphatic carbocycles. The highest BCUT2D eigenvalue weighted by atomic mass is 16.6. The number of hydrogen-bond acceptors (Lipinski definition) is 5. The molecule has 1 N–H and O–H groups in total. The third-order valence-corrected chi connectivity index (χ3v) is 6.80. The molecule has 0 bridgehead atoms. The number of esters is 1. The zero-order chi connectivity index (χ0) is 25.2. The molecule has 0 saturated carbocycles. The number of aromatic nitrogens is 1. The Morgan fingerprint density at radius 1 is 1.23 bits per heavy atom. The molecule has 1 aliphatic rings. The van der Waals surface area contributed by atoms with E-state index in [1.807, 2.05) is 18.2 Å². The lowest BCUT2D eigenvalue weighted by Gasteiger charge is -2.26. The first-order valence-corrected chi connectivity index (χ1v) is 12.1. The lowest BCUT2D eigenvalue weighted by Crippen LogP contribution is -2.26. The van der Waals surface area contributed by atoms with Gasteiger partial charge < -0.3 is 9.72 Å². The Morgan fingerprint density at radius 2 is 1.97 bits per heavy atom.